The van der Waals surface area contributed by atoms with E-state index in [0.29, 0.717) is 0 Å². The summed E-state index contributed by atoms with van der Waals surface area (Å²) in [7, 11) is -2.03. The molecule has 2 heteroatoms. The van der Waals surface area contributed by atoms with E-state index in [9.17, 15) is 0 Å². The van der Waals surface area contributed by atoms with E-state index in [1.165, 1.54) is 77.0 Å². The molecule has 182 valence electrons. The molecule has 0 aromatic heterocycles. The van der Waals surface area contributed by atoms with Crippen molar-refractivity contribution in [1.82, 2.24) is 0 Å². The van der Waals surface area contributed by atoms with Crippen molar-refractivity contribution in [2.45, 2.75) is 180 Å². The average Bonchev–Trinajstić information content (AvgIpc) is 2.77. The largest absolute Gasteiger partial charge is 0.0654 e. The molecule has 0 aliphatic carbocycles. The van der Waals surface area contributed by atoms with Crippen molar-refractivity contribution >= 4 is 16.1 Å². The van der Waals surface area contributed by atoms with E-state index in [0.717, 1.165) is 0 Å². The van der Waals surface area contributed by atoms with Gasteiger partial charge in [0, 0.05) is 0 Å². The highest BCUT2D eigenvalue weighted by Crippen LogP contribution is 2.37. The first-order valence-corrected chi connectivity index (χ1v) is 20.2. The van der Waals surface area contributed by atoms with Crippen LogP contribution in [0.1, 0.15) is 131 Å². The molecule has 30 heavy (non-hydrogen) atoms. The lowest BCUT2D eigenvalue weighted by molar-refractivity contribution is 0.742. The quantitative estimate of drug-likeness (QED) is 0.106. The predicted octanol–water partition coefficient (Wildman–Crippen LogP) is 11.5. The minimum atomic E-state index is -1.02. The van der Waals surface area contributed by atoms with E-state index >= 15 is 0 Å². The van der Waals surface area contributed by atoms with Crippen LogP contribution in [0.4, 0.5) is 0 Å². The Kier molecular flexibility index (Phi) is 20.4. The molecule has 0 spiro atoms. The van der Waals surface area contributed by atoms with Gasteiger partial charge in [-0.05, 0) is 0 Å². The zero-order valence-corrected chi connectivity index (χ0v) is 24.6. The van der Waals surface area contributed by atoms with Gasteiger partial charge in [0.1, 0.15) is 0 Å². The Hall–Kier alpha value is 0.434. The summed E-state index contributed by atoms with van der Waals surface area (Å²) >= 11 is 0. The Morgan fingerprint density at radius 2 is 0.433 bits per heavy atom. The van der Waals surface area contributed by atoms with Crippen LogP contribution in [0, 0.1) is 0 Å². The number of hydrogen-bond donors (Lipinski definition) is 0. The predicted molar refractivity (Wildman–Crippen MR) is 149 cm³/mol. The maximum absolute atomic E-state index is 2.41. The molecule has 0 aromatic carbocycles. The van der Waals surface area contributed by atoms with Gasteiger partial charge < -0.3 is 0 Å². The van der Waals surface area contributed by atoms with Gasteiger partial charge in [-0.25, -0.2) is 0 Å². The van der Waals surface area contributed by atoms with Crippen LogP contribution in [0.2, 0.25) is 48.4 Å². The first kappa shape index (κ1) is 30.4. The smallest absolute Gasteiger partial charge is 0.0535 e. The molecule has 0 rings (SSSR count). The summed E-state index contributed by atoms with van der Waals surface area (Å²) in [6.07, 6.45) is 20.7. The molecule has 0 fully saturated rings. The van der Waals surface area contributed by atoms with Crippen LogP contribution in [0.3, 0.4) is 0 Å². The molecular weight excluding hydrogens is 392 g/mol. The Morgan fingerprint density at radius 3 is 0.600 bits per heavy atom. The molecule has 0 aliphatic rings. The molecule has 0 atom stereocenters. The van der Waals surface area contributed by atoms with Crippen molar-refractivity contribution in [1.29, 1.82) is 0 Å². The van der Waals surface area contributed by atoms with Gasteiger partial charge in [0.2, 0.25) is 0 Å². The van der Waals surface area contributed by atoms with Crippen LogP contribution in [0.15, 0.2) is 0 Å². The summed E-state index contributed by atoms with van der Waals surface area (Å²) < 4.78 is 0. The minimum Gasteiger partial charge on any atom is -0.0654 e. The summed E-state index contributed by atoms with van der Waals surface area (Å²) in [6.45, 7) is 14.5. The van der Waals surface area contributed by atoms with Gasteiger partial charge in [-0.1, -0.05) is 180 Å². The highest BCUT2D eigenvalue weighted by molar-refractivity contribution is 6.80. The summed E-state index contributed by atoms with van der Waals surface area (Å²) in [4.78, 5) is 0. The highest BCUT2D eigenvalue weighted by atomic mass is 28.3. The molecular formula is C28H62Si2. The fourth-order valence-electron chi connectivity index (χ4n) is 5.81. The van der Waals surface area contributed by atoms with Crippen molar-refractivity contribution in [3.05, 3.63) is 0 Å². The molecule has 0 amide bonds. The van der Waals surface area contributed by atoms with E-state index in [-0.39, 0.29) is 0 Å². The minimum absolute atomic E-state index is 1.02. The monoisotopic (exact) mass is 454 g/mol. The number of rotatable bonds is 23. The fraction of sp³-hybridized carbons (Fsp3) is 1.00. The summed E-state index contributed by atoms with van der Waals surface area (Å²) in [6, 6.07) is 13.2. The SMILES string of the molecule is CCCC[Si](CCCC)(CCCC)CCCC[Si](CCCC)(CCCC)CCCC. The van der Waals surface area contributed by atoms with Gasteiger partial charge in [-0.15, -0.1) is 0 Å². The Balaban J connectivity index is 5.02. The van der Waals surface area contributed by atoms with Crippen molar-refractivity contribution in [2.75, 3.05) is 0 Å². The highest BCUT2D eigenvalue weighted by Gasteiger charge is 2.33. The van der Waals surface area contributed by atoms with Crippen molar-refractivity contribution < 1.29 is 0 Å². The topological polar surface area (TPSA) is 0 Å². The second-order valence-corrected chi connectivity index (χ2v) is 20.8. The van der Waals surface area contributed by atoms with Gasteiger partial charge in [0.25, 0.3) is 0 Å². The molecule has 0 aromatic rings. The molecule has 0 heterocycles. The maximum atomic E-state index is 2.41. The van der Waals surface area contributed by atoms with Crippen LogP contribution in [0.25, 0.3) is 0 Å². The zero-order valence-electron chi connectivity index (χ0n) is 22.6. The van der Waals surface area contributed by atoms with E-state index in [1.807, 2.05) is 0 Å². The summed E-state index contributed by atoms with van der Waals surface area (Å²) in [5.41, 5.74) is 0. The first-order valence-electron chi connectivity index (χ1n) is 14.6. The van der Waals surface area contributed by atoms with Crippen LogP contribution in [-0.4, -0.2) is 16.1 Å². The van der Waals surface area contributed by atoms with E-state index in [4.69, 9.17) is 0 Å². The first-order chi connectivity index (χ1) is 14.6. The summed E-state index contributed by atoms with van der Waals surface area (Å²) in [5.74, 6) is 0. The third-order valence-electron chi connectivity index (χ3n) is 8.03. The molecule has 0 unspecified atom stereocenters. The van der Waals surface area contributed by atoms with Crippen molar-refractivity contribution in [2.24, 2.45) is 0 Å². The lowest BCUT2D eigenvalue weighted by atomic mass is 10.3. The summed E-state index contributed by atoms with van der Waals surface area (Å²) in [5, 5.41) is 0. The molecule has 0 aliphatic heterocycles. The Labute approximate surface area is 195 Å². The average molecular weight is 455 g/mol. The molecule has 0 radical (unpaired) electrons. The van der Waals surface area contributed by atoms with Gasteiger partial charge in [-0.2, -0.15) is 0 Å². The van der Waals surface area contributed by atoms with Crippen LogP contribution in [-0.2, 0) is 0 Å². The van der Waals surface area contributed by atoms with Crippen molar-refractivity contribution in [3.63, 3.8) is 0 Å². The van der Waals surface area contributed by atoms with Crippen LogP contribution in [0.5, 0.6) is 0 Å². The second-order valence-electron chi connectivity index (χ2n) is 10.8. The normalized spacial score (nSPS) is 12.6. The second kappa shape index (κ2) is 20.1. The molecule has 0 saturated carbocycles. The van der Waals surface area contributed by atoms with E-state index < -0.39 is 16.1 Å². The maximum Gasteiger partial charge on any atom is 0.0535 e. The van der Waals surface area contributed by atoms with E-state index in [1.54, 1.807) is 61.2 Å². The third-order valence-corrected chi connectivity index (χ3v) is 19.3. The Morgan fingerprint density at radius 1 is 0.267 bits per heavy atom. The third kappa shape index (κ3) is 13.8. The van der Waals surface area contributed by atoms with Gasteiger partial charge in [0.15, 0.2) is 0 Å². The molecule has 0 N–H and O–H groups in total. The lowest BCUT2D eigenvalue weighted by Crippen LogP contribution is -2.35. The van der Waals surface area contributed by atoms with E-state index in [2.05, 4.69) is 41.5 Å². The number of unbranched alkanes of at least 4 members (excludes halogenated alkanes) is 7. The molecule has 0 bridgehead atoms. The van der Waals surface area contributed by atoms with Gasteiger partial charge >= 0.3 is 0 Å². The van der Waals surface area contributed by atoms with Gasteiger partial charge in [-0.3, -0.25) is 0 Å². The fourth-order valence-corrected chi connectivity index (χ4v) is 17.4. The lowest BCUT2D eigenvalue weighted by Gasteiger charge is -2.35. The Bertz CT molecular complexity index is 275. The zero-order chi connectivity index (χ0) is 22.6. The molecule has 0 nitrogen and oxygen atoms in total. The molecule has 0 saturated heterocycles. The van der Waals surface area contributed by atoms with Crippen LogP contribution >= 0.6 is 0 Å². The van der Waals surface area contributed by atoms with Crippen LogP contribution < -0.4 is 0 Å². The standard InChI is InChI=1S/C28H62Si2/c1-7-13-21-29(22-14-8-2,23-15-9-3)27-19-20-28-30(24-16-10-4,25-17-11-5)26-18-12-6/h7-28H2,1-6H3. The number of hydrogen-bond acceptors (Lipinski definition) is 0. The van der Waals surface area contributed by atoms with Gasteiger partial charge in [0.05, 0.1) is 16.1 Å². The van der Waals surface area contributed by atoms with Crippen molar-refractivity contribution in [3.8, 4) is 0 Å².